The Morgan fingerprint density at radius 3 is 2.79 bits per heavy atom. The molecule has 1 aliphatic rings. The number of benzene rings is 1. The third kappa shape index (κ3) is 3.90. The van der Waals surface area contributed by atoms with E-state index in [0.717, 1.165) is 30.4 Å². The predicted octanol–water partition coefficient (Wildman–Crippen LogP) is 2.65. The van der Waals surface area contributed by atoms with Gasteiger partial charge in [-0.25, -0.2) is 8.42 Å². The molecule has 0 spiro atoms. The van der Waals surface area contributed by atoms with Crippen LogP contribution in [-0.4, -0.2) is 25.7 Å². The first kappa shape index (κ1) is 14.3. The molecule has 19 heavy (non-hydrogen) atoms. The summed E-state index contributed by atoms with van der Waals surface area (Å²) in [7, 11) is -2.78. The van der Waals surface area contributed by atoms with Crippen molar-refractivity contribution in [2.75, 3.05) is 11.5 Å². The lowest BCUT2D eigenvalue weighted by molar-refractivity contribution is 0.0988. The lowest BCUT2D eigenvalue weighted by atomic mass is 9.97. The fourth-order valence-electron chi connectivity index (χ4n) is 2.57. The second kappa shape index (κ2) is 5.87. The van der Waals surface area contributed by atoms with E-state index in [9.17, 15) is 13.2 Å². The molecule has 0 saturated carbocycles. The maximum Gasteiger partial charge on any atom is 0.162 e. The highest BCUT2D eigenvalue weighted by Gasteiger charge is 2.27. The third-order valence-electron chi connectivity index (χ3n) is 3.74. The Morgan fingerprint density at radius 2 is 2.16 bits per heavy atom. The van der Waals surface area contributed by atoms with Crippen LogP contribution in [0.3, 0.4) is 0 Å². The predicted molar refractivity (Wildman–Crippen MR) is 76.1 cm³/mol. The highest BCUT2D eigenvalue weighted by Crippen LogP contribution is 2.23. The smallest absolute Gasteiger partial charge is 0.162 e. The molecule has 1 saturated heterocycles. The minimum atomic E-state index is -2.78. The minimum absolute atomic E-state index is 0.158. The van der Waals surface area contributed by atoms with Crippen LogP contribution in [0.4, 0.5) is 0 Å². The van der Waals surface area contributed by atoms with E-state index in [1.807, 2.05) is 31.2 Å². The molecule has 0 aromatic heterocycles. The summed E-state index contributed by atoms with van der Waals surface area (Å²) in [6, 6.07) is 7.70. The van der Waals surface area contributed by atoms with Gasteiger partial charge in [0.1, 0.15) is 0 Å². The lowest BCUT2D eigenvalue weighted by Crippen LogP contribution is -2.06. The van der Waals surface area contributed by atoms with Crippen LogP contribution in [0.25, 0.3) is 0 Å². The molecule has 1 aromatic rings. The molecule has 3 nitrogen and oxygen atoms in total. The van der Waals surface area contributed by atoms with Crippen LogP contribution >= 0.6 is 0 Å². The highest BCUT2D eigenvalue weighted by atomic mass is 32.2. The van der Waals surface area contributed by atoms with Gasteiger partial charge in [0.05, 0.1) is 11.5 Å². The minimum Gasteiger partial charge on any atom is -0.294 e. The van der Waals surface area contributed by atoms with Gasteiger partial charge in [0.2, 0.25) is 0 Å². The molecule has 104 valence electrons. The van der Waals surface area contributed by atoms with Crippen molar-refractivity contribution in [3.05, 3.63) is 35.4 Å². The van der Waals surface area contributed by atoms with Crippen molar-refractivity contribution >= 4 is 15.6 Å². The van der Waals surface area contributed by atoms with E-state index in [-0.39, 0.29) is 11.7 Å². The van der Waals surface area contributed by atoms with E-state index >= 15 is 0 Å². The van der Waals surface area contributed by atoms with Crippen molar-refractivity contribution in [1.82, 2.24) is 0 Å². The summed E-state index contributed by atoms with van der Waals surface area (Å²) >= 11 is 0. The fourth-order valence-corrected chi connectivity index (χ4v) is 4.49. The molecule has 0 amide bonds. The molecule has 1 atom stereocenters. The number of aryl methyl sites for hydroxylation is 1. The number of Topliss-reactive ketones (excluding diaryl/α,β-unsaturated/α-hetero) is 1. The zero-order chi connectivity index (χ0) is 13.9. The molecular formula is C15H20O3S. The Hall–Kier alpha value is -1.16. The maximum absolute atomic E-state index is 11.6. The molecule has 4 heteroatoms. The maximum atomic E-state index is 11.6. The van der Waals surface area contributed by atoms with Crippen molar-refractivity contribution in [3.63, 3.8) is 0 Å². The molecule has 1 fully saturated rings. The average Bonchev–Trinajstić information content (AvgIpc) is 2.75. The Labute approximate surface area is 114 Å². The first-order chi connectivity index (χ1) is 9.00. The first-order valence-electron chi connectivity index (χ1n) is 6.83. The number of carbonyl (C=O) groups is 1. The molecular weight excluding hydrogens is 260 g/mol. The quantitative estimate of drug-likeness (QED) is 0.779. The van der Waals surface area contributed by atoms with E-state index < -0.39 is 9.84 Å². The number of sulfone groups is 1. The Morgan fingerprint density at radius 1 is 1.37 bits per heavy atom. The summed E-state index contributed by atoms with van der Waals surface area (Å²) in [6.45, 7) is 1.86. The second-order valence-corrected chi connectivity index (χ2v) is 7.51. The van der Waals surface area contributed by atoms with Gasteiger partial charge >= 0.3 is 0 Å². The van der Waals surface area contributed by atoms with Crippen molar-refractivity contribution in [1.29, 1.82) is 0 Å². The van der Waals surface area contributed by atoms with Crippen molar-refractivity contribution < 1.29 is 13.2 Å². The molecule has 2 rings (SSSR count). The molecule has 1 heterocycles. The molecule has 1 aromatic carbocycles. The Kier molecular flexibility index (Phi) is 4.40. The fraction of sp³-hybridized carbons (Fsp3) is 0.533. The largest absolute Gasteiger partial charge is 0.294 e. The highest BCUT2D eigenvalue weighted by molar-refractivity contribution is 7.91. The third-order valence-corrected chi connectivity index (χ3v) is 5.58. The summed E-state index contributed by atoms with van der Waals surface area (Å²) in [5.74, 6) is 1.12. The molecule has 1 aliphatic heterocycles. The number of hydrogen-bond acceptors (Lipinski definition) is 3. The van der Waals surface area contributed by atoms with Crippen LogP contribution in [0, 0.1) is 5.92 Å². The van der Waals surface area contributed by atoms with E-state index in [1.54, 1.807) is 0 Å². The topological polar surface area (TPSA) is 51.2 Å². The summed E-state index contributed by atoms with van der Waals surface area (Å²) in [5, 5.41) is 0. The van der Waals surface area contributed by atoms with Crippen LogP contribution in [-0.2, 0) is 16.3 Å². The number of rotatable bonds is 5. The van der Waals surface area contributed by atoms with Crippen LogP contribution < -0.4 is 0 Å². The summed E-state index contributed by atoms with van der Waals surface area (Å²) < 4.78 is 22.8. The summed E-state index contributed by atoms with van der Waals surface area (Å²) in [4.78, 5) is 11.6. The van der Waals surface area contributed by atoms with Crippen molar-refractivity contribution in [2.24, 2.45) is 5.92 Å². The van der Waals surface area contributed by atoms with Crippen LogP contribution in [0.15, 0.2) is 24.3 Å². The SMILES string of the molecule is CCC(=O)c1cccc(CCC2CCS(=O)(=O)C2)c1. The van der Waals surface area contributed by atoms with Gasteiger partial charge in [-0.2, -0.15) is 0 Å². The number of carbonyl (C=O) groups excluding carboxylic acids is 1. The zero-order valence-corrected chi connectivity index (χ0v) is 12.1. The first-order valence-corrected chi connectivity index (χ1v) is 8.65. The van der Waals surface area contributed by atoms with Crippen LogP contribution in [0.2, 0.25) is 0 Å². The van der Waals surface area contributed by atoms with E-state index in [2.05, 4.69) is 0 Å². The van der Waals surface area contributed by atoms with Gasteiger partial charge < -0.3 is 0 Å². The number of hydrogen-bond donors (Lipinski definition) is 0. The standard InChI is InChI=1S/C15H20O3S/c1-2-15(16)14-5-3-4-12(10-14)6-7-13-8-9-19(17,18)11-13/h3-5,10,13H,2,6-9,11H2,1H3. The van der Waals surface area contributed by atoms with Crippen LogP contribution in [0.5, 0.6) is 0 Å². The molecule has 0 bridgehead atoms. The van der Waals surface area contributed by atoms with Gasteiger partial charge in [-0.05, 0) is 36.8 Å². The van der Waals surface area contributed by atoms with Gasteiger partial charge in [-0.1, -0.05) is 25.1 Å². The van der Waals surface area contributed by atoms with Gasteiger partial charge in [-0.15, -0.1) is 0 Å². The second-order valence-electron chi connectivity index (χ2n) is 5.28. The number of ketones is 1. The molecule has 0 N–H and O–H groups in total. The summed E-state index contributed by atoms with van der Waals surface area (Å²) in [6.07, 6.45) is 3.05. The van der Waals surface area contributed by atoms with Gasteiger partial charge in [0.15, 0.2) is 15.6 Å². The van der Waals surface area contributed by atoms with Gasteiger partial charge in [0.25, 0.3) is 0 Å². The monoisotopic (exact) mass is 280 g/mol. The summed E-state index contributed by atoms with van der Waals surface area (Å²) in [5.41, 5.74) is 1.89. The lowest BCUT2D eigenvalue weighted by Gasteiger charge is -2.08. The Bertz CT molecular complexity index is 561. The molecule has 1 unspecified atom stereocenters. The van der Waals surface area contributed by atoms with Crippen molar-refractivity contribution in [3.8, 4) is 0 Å². The zero-order valence-electron chi connectivity index (χ0n) is 11.3. The van der Waals surface area contributed by atoms with Gasteiger partial charge in [0, 0.05) is 12.0 Å². The van der Waals surface area contributed by atoms with Crippen molar-refractivity contribution in [2.45, 2.75) is 32.6 Å². The van der Waals surface area contributed by atoms with E-state index in [1.165, 1.54) is 0 Å². The normalized spacial score (nSPS) is 21.4. The van der Waals surface area contributed by atoms with Crippen LogP contribution in [0.1, 0.15) is 42.1 Å². The molecule has 0 aliphatic carbocycles. The van der Waals surface area contributed by atoms with E-state index in [4.69, 9.17) is 0 Å². The Balaban J connectivity index is 1.95. The average molecular weight is 280 g/mol. The molecule has 0 radical (unpaired) electrons. The van der Waals surface area contributed by atoms with Gasteiger partial charge in [-0.3, -0.25) is 4.79 Å². The van der Waals surface area contributed by atoms with E-state index in [0.29, 0.717) is 17.9 Å².